The lowest BCUT2D eigenvalue weighted by atomic mass is 10.0. The average Bonchev–Trinajstić information content (AvgIpc) is 3.26. The van der Waals surface area contributed by atoms with Gasteiger partial charge in [0.15, 0.2) is 0 Å². The standard InChI is InChI=1S/C22H25ClF3N3O6/c1-12(2)18(28-19(33)14-6-5-7-15(17(14)23)22(24,25)26)20(34)29(8-3-4-9-29)21(35)27-13(11-30)10-16(31)32/h5-7,11-13,18H,3-4,8-10H2,1-2H3,(H2-,27,28,31,32,33,35)/p+1/t13-,18-/m0/s1. The van der Waals surface area contributed by atoms with E-state index in [0.717, 1.165) is 18.2 Å². The molecule has 1 aromatic rings. The van der Waals surface area contributed by atoms with Crippen LogP contribution in [0.25, 0.3) is 0 Å². The minimum atomic E-state index is -4.80. The van der Waals surface area contributed by atoms with Gasteiger partial charge in [0, 0.05) is 12.8 Å². The topological polar surface area (TPSA) is 130 Å². The second kappa shape index (κ2) is 11.2. The number of rotatable bonds is 8. The Labute approximate surface area is 204 Å². The summed E-state index contributed by atoms with van der Waals surface area (Å²) in [5, 5.41) is 12.8. The van der Waals surface area contributed by atoms with Crippen molar-refractivity contribution in [1.29, 1.82) is 0 Å². The third-order valence-electron chi connectivity index (χ3n) is 5.78. The van der Waals surface area contributed by atoms with Crippen molar-refractivity contribution in [3.8, 4) is 0 Å². The number of quaternary nitrogens is 1. The highest BCUT2D eigenvalue weighted by Gasteiger charge is 2.52. The lowest BCUT2D eigenvalue weighted by Gasteiger charge is -2.33. The van der Waals surface area contributed by atoms with Crippen molar-refractivity contribution in [2.45, 2.75) is 51.4 Å². The molecule has 1 aliphatic heterocycles. The van der Waals surface area contributed by atoms with E-state index in [9.17, 15) is 37.1 Å². The Morgan fingerprint density at radius 2 is 1.74 bits per heavy atom. The van der Waals surface area contributed by atoms with Crippen LogP contribution in [0.4, 0.5) is 18.0 Å². The molecule has 0 radical (unpaired) electrons. The molecule has 35 heavy (non-hydrogen) atoms. The van der Waals surface area contributed by atoms with Crippen LogP contribution in [0.5, 0.6) is 0 Å². The van der Waals surface area contributed by atoms with Gasteiger partial charge in [-0.2, -0.15) is 17.7 Å². The van der Waals surface area contributed by atoms with E-state index in [0.29, 0.717) is 12.8 Å². The number of aliphatic carboxylic acids is 1. The molecule has 192 valence electrons. The number of nitrogens with zero attached hydrogens (tertiary/aromatic N) is 1. The maximum atomic E-state index is 13.6. The molecule has 0 aliphatic carbocycles. The van der Waals surface area contributed by atoms with Crippen LogP contribution in [0, 0.1) is 5.92 Å². The van der Waals surface area contributed by atoms with E-state index in [4.69, 9.17) is 16.7 Å². The Morgan fingerprint density at radius 1 is 1.14 bits per heavy atom. The van der Waals surface area contributed by atoms with Gasteiger partial charge in [0.05, 0.1) is 35.7 Å². The van der Waals surface area contributed by atoms with E-state index in [1.54, 1.807) is 13.8 Å². The van der Waals surface area contributed by atoms with E-state index in [1.165, 1.54) is 0 Å². The molecule has 13 heteroatoms. The predicted molar refractivity (Wildman–Crippen MR) is 117 cm³/mol. The van der Waals surface area contributed by atoms with Crippen LogP contribution in [-0.4, -0.2) is 64.9 Å². The number of nitrogens with one attached hydrogen (secondary N) is 2. The number of carbonyl (C=O) groups excluding carboxylic acids is 4. The zero-order chi connectivity index (χ0) is 26.6. The Balaban J connectivity index is 2.35. The van der Waals surface area contributed by atoms with Crippen molar-refractivity contribution in [3.05, 3.63) is 34.3 Å². The fourth-order valence-electron chi connectivity index (χ4n) is 3.93. The lowest BCUT2D eigenvalue weighted by molar-refractivity contribution is -0.761. The second-order valence-electron chi connectivity index (χ2n) is 8.61. The summed E-state index contributed by atoms with van der Waals surface area (Å²) in [5.41, 5.74) is -1.69. The Hall–Kier alpha value is -2.99. The number of carboxylic acids is 1. The van der Waals surface area contributed by atoms with Crippen molar-refractivity contribution >= 4 is 41.7 Å². The second-order valence-corrected chi connectivity index (χ2v) is 8.99. The molecule has 1 fully saturated rings. The Kier molecular flexibility index (Phi) is 9.01. The van der Waals surface area contributed by atoms with Gasteiger partial charge < -0.3 is 15.2 Å². The smallest absolute Gasteiger partial charge is 0.424 e. The van der Waals surface area contributed by atoms with Crippen LogP contribution < -0.4 is 10.6 Å². The molecular weight excluding hydrogens is 495 g/mol. The number of hydrogen-bond donors (Lipinski definition) is 3. The number of urea groups is 1. The molecule has 3 N–H and O–H groups in total. The van der Waals surface area contributed by atoms with Crippen LogP contribution in [0.3, 0.4) is 0 Å². The first kappa shape index (κ1) is 28.2. The van der Waals surface area contributed by atoms with Crippen LogP contribution in [0.15, 0.2) is 18.2 Å². The van der Waals surface area contributed by atoms with Gasteiger partial charge in [-0.1, -0.05) is 31.5 Å². The first-order valence-electron chi connectivity index (χ1n) is 10.8. The first-order valence-corrected chi connectivity index (χ1v) is 11.2. The molecule has 1 aliphatic rings. The number of likely N-dealkylation sites (tertiary alicyclic amines) is 1. The normalized spacial score (nSPS) is 16.9. The molecule has 4 amide bonds. The fourth-order valence-corrected chi connectivity index (χ4v) is 4.25. The minimum absolute atomic E-state index is 0.0483. The summed E-state index contributed by atoms with van der Waals surface area (Å²) in [7, 11) is 0. The van der Waals surface area contributed by atoms with Gasteiger partial charge in [0.1, 0.15) is 18.4 Å². The molecule has 0 unspecified atom stereocenters. The summed E-state index contributed by atoms with van der Waals surface area (Å²) < 4.78 is 38.8. The Bertz CT molecular complexity index is 1010. The maximum Gasteiger partial charge on any atom is 0.424 e. The van der Waals surface area contributed by atoms with E-state index >= 15 is 0 Å². The molecule has 1 heterocycles. The highest BCUT2D eigenvalue weighted by atomic mass is 35.5. The number of alkyl halides is 3. The number of halogens is 4. The number of amides is 4. The summed E-state index contributed by atoms with van der Waals surface area (Å²) >= 11 is 5.84. The van der Waals surface area contributed by atoms with E-state index in [2.05, 4.69) is 10.6 Å². The first-order chi connectivity index (χ1) is 16.2. The van der Waals surface area contributed by atoms with E-state index in [1.807, 2.05) is 0 Å². The lowest BCUT2D eigenvalue weighted by Crippen LogP contribution is -2.66. The van der Waals surface area contributed by atoms with Gasteiger partial charge in [-0.3, -0.25) is 14.9 Å². The molecule has 2 atom stereocenters. The van der Waals surface area contributed by atoms with Crippen molar-refractivity contribution in [1.82, 2.24) is 10.6 Å². The predicted octanol–water partition coefficient (Wildman–Crippen LogP) is 3.00. The number of carboxylic acid groups (broad SMARTS) is 1. The molecule has 1 aromatic carbocycles. The number of carbonyl (C=O) groups is 5. The molecule has 1 saturated heterocycles. The van der Waals surface area contributed by atoms with Gasteiger partial charge in [-0.25, -0.2) is 9.59 Å². The van der Waals surface area contributed by atoms with Crippen LogP contribution in [-0.2, 0) is 20.6 Å². The largest absolute Gasteiger partial charge is 0.481 e. The maximum absolute atomic E-state index is 13.6. The van der Waals surface area contributed by atoms with Gasteiger partial charge in [-0.05, 0) is 18.1 Å². The molecule has 9 nitrogen and oxygen atoms in total. The summed E-state index contributed by atoms with van der Waals surface area (Å²) in [5.74, 6) is -3.65. The van der Waals surface area contributed by atoms with Gasteiger partial charge in [-0.15, -0.1) is 0 Å². The van der Waals surface area contributed by atoms with Crippen LogP contribution in [0.1, 0.15) is 49.0 Å². The zero-order valence-corrected chi connectivity index (χ0v) is 19.8. The summed E-state index contributed by atoms with van der Waals surface area (Å²) in [6, 6.07) is -0.713. The third-order valence-corrected chi connectivity index (χ3v) is 6.18. The molecule has 0 aromatic heterocycles. The van der Waals surface area contributed by atoms with Gasteiger partial charge >= 0.3 is 24.1 Å². The highest BCUT2D eigenvalue weighted by Crippen LogP contribution is 2.36. The van der Waals surface area contributed by atoms with Gasteiger partial charge in [0.25, 0.3) is 5.91 Å². The molecular formula is C22H26ClF3N3O6+. The number of imide groups is 1. The van der Waals surface area contributed by atoms with Gasteiger partial charge in [0.2, 0.25) is 0 Å². The zero-order valence-electron chi connectivity index (χ0n) is 19.0. The molecule has 2 rings (SSSR count). The SMILES string of the molecule is CC(C)[C@H](NC(=O)c1cccc(C(F)(F)F)c1Cl)C(=O)[N+]1(C(=O)N[C@H](C=O)CC(=O)O)CCCC1. The summed E-state index contributed by atoms with van der Waals surface area (Å²) in [6.45, 7) is 3.26. The van der Waals surface area contributed by atoms with Crippen LogP contribution >= 0.6 is 11.6 Å². The monoisotopic (exact) mass is 520 g/mol. The highest BCUT2D eigenvalue weighted by molar-refractivity contribution is 6.34. The van der Waals surface area contributed by atoms with E-state index in [-0.39, 0.29) is 19.4 Å². The van der Waals surface area contributed by atoms with Crippen LogP contribution in [0.2, 0.25) is 5.02 Å². The fraction of sp³-hybridized carbons (Fsp3) is 0.500. The number of benzene rings is 1. The van der Waals surface area contributed by atoms with Crippen molar-refractivity contribution in [3.63, 3.8) is 0 Å². The third kappa shape index (κ3) is 6.37. The summed E-state index contributed by atoms with van der Waals surface area (Å²) in [6.07, 6.45) is -4.28. The van der Waals surface area contributed by atoms with Crippen molar-refractivity contribution in [2.75, 3.05) is 13.1 Å². The van der Waals surface area contributed by atoms with Crippen molar-refractivity contribution in [2.24, 2.45) is 5.92 Å². The Morgan fingerprint density at radius 3 is 2.23 bits per heavy atom. The quantitative estimate of drug-likeness (QED) is 0.357. The molecule has 0 bridgehead atoms. The number of hydrogen-bond acceptors (Lipinski definition) is 5. The molecule has 0 saturated carbocycles. The number of aldehydes is 1. The minimum Gasteiger partial charge on any atom is -0.481 e. The van der Waals surface area contributed by atoms with E-state index < -0.39 is 75.0 Å². The van der Waals surface area contributed by atoms with Crippen molar-refractivity contribution < 1.29 is 46.7 Å². The average molecular weight is 521 g/mol. The summed E-state index contributed by atoms with van der Waals surface area (Å²) in [4.78, 5) is 61.7. The molecule has 0 spiro atoms.